The van der Waals surface area contributed by atoms with Crippen molar-refractivity contribution in [2.24, 2.45) is 28.6 Å². The summed E-state index contributed by atoms with van der Waals surface area (Å²) in [4.78, 5) is 11.8. The molecular formula is C21H26O. The quantitative estimate of drug-likeness (QED) is 0.664. The van der Waals surface area contributed by atoms with Crippen LogP contribution in [0.15, 0.2) is 48.1 Å². The molecule has 5 atom stereocenters. The molecule has 1 heteroatoms. The van der Waals surface area contributed by atoms with Crippen LogP contribution in [0.1, 0.15) is 46.0 Å². The molecule has 0 heterocycles. The highest BCUT2D eigenvalue weighted by atomic mass is 16.1. The number of hydrogen-bond acceptors (Lipinski definition) is 1. The summed E-state index contributed by atoms with van der Waals surface area (Å²) in [5.41, 5.74) is 3.29. The van der Waals surface area contributed by atoms with Gasteiger partial charge in [0.1, 0.15) is 0 Å². The van der Waals surface area contributed by atoms with Crippen LogP contribution in [0.3, 0.4) is 0 Å². The third-order valence-corrected chi connectivity index (χ3v) is 7.38. The Kier molecular flexibility index (Phi) is 2.95. The van der Waals surface area contributed by atoms with E-state index < -0.39 is 0 Å². The summed E-state index contributed by atoms with van der Waals surface area (Å²) in [6.07, 6.45) is 16.6. The monoisotopic (exact) mass is 294 g/mol. The number of allylic oxidation sites excluding steroid dienone is 7. The van der Waals surface area contributed by atoms with Gasteiger partial charge in [0, 0.05) is 6.42 Å². The molecule has 0 N–H and O–H groups in total. The molecule has 4 rings (SSSR count). The molecule has 4 aliphatic rings. The van der Waals surface area contributed by atoms with Crippen molar-refractivity contribution in [2.45, 2.75) is 46.0 Å². The lowest BCUT2D eigenvalue weighted by Gasteiger charge is -2.55. The van der Waals surface area contributed by atoms with E-state index in [-0.39, 0.29) is 5.41 Å². The maximum Gasteiger partial charge on any atom is 0.156 e. The summed E-state index contributed by atoms with van der Waals surface area (Å²) in [6.45, 7) is 8.89. The van der Waals surface area contributed by atoms with Gasteiger partial charge in [-0.3, -0.25) is 4.79 Å². The van der Waals surface area contributed by atoms with Crippen LogP contribution in [0.2, 0.25) is 0 Å². The molecule has 0 aliphatic heterocycles. The molecule has 1 nitrogen and oxygen atoms in total. The van der Waals surface area contributed by atoms with E-state index in [1.165, 1.54) is 30.4 Å². The highest BCUT2D eigenvalue weighted by Gasteiger charge is 2.55. The molecule has 0 bridgehead atoms. The molecule has 0 amide bonds. The van der Waals surface area contributed by atoms with Gasteiger partial charge in [-0.1, -0.05) is 44.7 Å². The van der Waals surface area contributed by atoms with Crippen LogP contribution in [0.4, 0.5) is 0 Å². The van der Waals surface area contributed by atoms with Crippen LogP contribution >= 0.6 is 0 Å². The fraction of sp³-hybridized carbons (Fsp3) is 0.571. The van der Waals surface area contributed by atoms with E-state index >= 15 is 0 Å². The van der Waals surface area contributed by atoms with Gasteiger partial charge in [0.2, 0.25) is 0 Å². The second-order valence-electron chi connectivity index (χ2n) is 8.19. The highest BCUT2D eigenvalue weighted by molar-refractivity contribution is 5.92. The van der Waals surface area contributed by atoms with Crippen molar-refractivity contribution >= 4 is 5.78 Å². The third kappa shape index (κ3) is 1.68. The molecule has 4 aliphatic carbocycles. The van der Waals surface area contributed by atoms with Gasteiger partial charge in [0.25, 0.3) is 0 Å². The van der Waals surface area contributed by atoms with Gasteiger partial charge < -0.3 is 0 Å². The minimum atomic E-state index is 0.214. The number of ketones is 1. The first-order chi connectivity index (χ1) is 10.5. The smallest absolute Gasteiger partial charge is 0.156 e. The molecule has 0 radical (unpaired) electrons. The Morgan fingerprint density at radius 2 is 2.05 bits per heavy atom. The molecule has 5 unspecified atom stereocenters. The minimum absolute atomic E-state index is 0.214. The Balaban J connectivity index is 1.74. The first kappa shape index (κ1) is 14.2. The van der Waals surface area contributed by atoms with Gasteiger partial charge in [-0.15, -0.1) is 0 Å². The van der Waals surface area contributed by atoms with E-state index in [0.29, 0.717) is 29.0 Å². The number of fused-ring (bicyclic) bond motifs is 5. The lowest BCUT2D eigenvalue weighted by Crippen LogP contribution is -2.48. The normalized spacial score (nSPS) is 46.3. The summed E-state index contributed by atoms with van der Waals surface area (Å²) in [5, 5.41) is 0. The Labute approximate surface area is 133 Å². The number of carbonyl (C=O) groups is 1. The molecule has 0 saturated heterocycles. The van der Waals surface area contributed by atoms with E-state index in [1.807, 2.05) is 6.08 Å². The van der Waals surface area contributed by atoms with Crippen molar-refractivity contribution in [2.75, 3.05) is 0 Å². The summed E-state index contributed by atoms with van der Waals surface area (Å²) in [5.74, 6) is 2.38. The van der Waals surface area contributed by atoms with E-state index in [1.54, 1.807) is 0 Å². The lowest BCUT2D eigenvalue weighted by molar-refractivity contribution is -0.116. The maximum atomic E-state index is 11.8. The first-order valence-corrected chi connectivity index (χ1v) is 8.75. The van der Waals surface area contributed by atoms with Crippen molar-refractivity contribution in [1.82, 2.24) is 0 Å². The van der Waals surface area contributed by atoms with Crippen molar-refractivity contribution < 1.29 is 4.79 Å². The van der Waals surface area contributed by atoms with Crippen LogP contribution in [0.5, 0.6) is 0 Å². The SMILES string of the molecule is C=CC1=CCC2C3C=CC4=CC(=O)CCC4(C)C3CCC12C. The molecule has 0 aromatic heterocycles. The average Bonchev–Trinajstić information content (AvgIpc) is 2.84. The van der Waals surface area contributed by atoms with Crippen molar-refractivity contribution in [3.8, 4) is 0 Å². The van der Waals surface area contributed by atoms with Gasteiger partial charge in [-0.25, -0.2) is 0 Å². The van der Waals surface area contributed by atoms with Gasteiger partial charge in [0.05, 0.1) is 0 Å². The summed E-state index contributed by atoms with van der Waals surface area (Å²) in [6, 6.07) is 0. The Morgan fingerprint density at radius 3 is 2.82 bits per heavy atom. The average molecular weight is 294 g/mol. The summed E-state index contributed by atoms with van der Waals surface area (Å²) >= 11 is 0. The highest BCUT2D eigenvalue weighted by Crippen LogP contribution is 2.63. The lowest BCUT2D eigenvalue weighted by atomic mass is 9.49. The zero-order valence-corrected chi connectivity index (χ0v) is 13.8. The topological polar surface area (TPSA) is 17.1 Å². The van der Waals surface area contributed by atoms with E-state index in [2.05, 4.69) is 44.7 Å². The van der Waals surface area contributed by atoms with Crippen molar-refractivity contribution in [3.05, 3.63) is 48.1 Å². The second kappa shape index (κ2) is 4.57. The van der Waals surface area contributed by atoms with Crippen molar-refractivity contribution in [3.63, 3.8) is 0 Å². The minimum Gasteiger partial charge on any atom is -0.295 e. The van der Waals surface area contributed by atoms with Crippen molar-refractivity contribution in [1.29, 1.82) is 0 Å². The van der Waals surface area contributed by atoms with E-state index in [4.69, 9.17) is 0 Å². The van der Waals surface area contributed by atoms with Crippen LogP contribution in [0, 0.1) is 28.6 Å². The Bertz CT molecular complexity index is 634. The second-order valence-corrected chi connectivity index (χ2v) is 8.19. The molecule has 0 spiro atoms. The fourth-order valence-electron chi connectivity index (χ4n) is 5.92. The third-order valence-electron chi connectivity index (χ3n) is 7.38. The van der Waals surface area contributed by atoms with E-state index in [9.17, 15) is 4.79 Å². The molecular weight excluding hydrogens is 268 g/mol. The molecule has 1 saturated carbocycles. The molecule has 116 valence electrons. The van der Waals surface area contributed by atoms with Gasteiger partial charge in [-0.05, 0) is 71.5 Å². The van der Waals surface area contributed by atoms with Crippen LogP contribution < -0.4 is 0 Å². The molecule has 22 heavy (non-hydrogen) atoms. The van der Waals surface area contributed by atoms with Crippen LogP contribution in [0.25, 0.3) is 0 Å². The summed E-state index contributed by atoms with van der Waals surface area (Å²) in [7, 11) is 0. The maximum absolute atomic E-state index is 11.8. The van der Waals surface area contributed by atoms with Gasteiger partial charge >= 0.3 is 0 Å². The fourth-order valence-corrected chi connectivity index (χ4v) is 5.92. The van der Waals surface area contributed by atoms with Crippen LogP contribution in [-0.2, 0) is 4.79 Å². The molecule has 0 aromatic carbocycles. The number of carbonyl (C=O) groups excluding carboxylic acids is 1. The standard InChI is InChI=1S/C21H26O/c1-4-14-6-8-18-17-7-5-15-13-16(22)9-11-21(15,3)19(17)10-12-20(14,18)2/h4-7,13,17-19H,1,8-12H2,2-3H3. The number of hydrogen-bond donors (Lipinski definition) is 0. The zero-order valence-electron chi connectivity index (χ0n) is 13.8. The van der Waals surface area contributed by atoms with Crippen LogP contribution in [-0.4, -0.2) is 5.78 Å². The number of rotatable bonds is 1. The first-order valence-electron chi connectivity index (χ1n) is 8.75. The Morgan fingerprint density at radius 1 is 1.23 bits per heavy atom. The van der Waals surface area contributed by atoms with E-state index in [0.717, 1.165) is 12.8 Å². The summed E-state index contributed by atoms with van der Waals surface area (Å²) < 4.78 is 0. The van der Waals surface area contributed by atoms with Gasteiger partial charge in [-0.2, -0.15) is 0 Å². The zero-order chi connectivity index (χ0) is 15.5. The predicted octanol–water partition coefficient (Wildman–Crippen LogP) is 5.02. The van der Waals surface area contributed by atoms with Gasteiger partial charge in [0.15, 0.2) is 5.78 Å². The Hall–Kier alpha value is -1.37. The largest absolute Gasteiger partial charge is 0.295 e. The molecule has 0 aromatic rings. The predicted molar refractivity (Wildman–Crippen MR) is 90.3 cm³/mol. The molecule has 1 fully saturated rings.